The minimum absolute atomic E-state index is 0.0225. The average molecular weight is 244 g/mol. The van der Waals surface area contributed by atoms with Crippen LogP contribution in [0.2, 0.25) is 0 Å². The lowest BCUT2D eigenvalue weighted by Crippen LogP contribution is -2.37. The van der Waals surface area contributed by atoms with E-state index in [-0.39, 0.29) is 18.6 Å². The Morgan fingerprint density at radius 3 is 2.83 bits per heavy atom. The van der Waals surface area contributed by atoms with E-state index in [1.807, 2.05) is 6.07 Å². The van der Waals surface area contributed by atoms with Crippen molar-refractivity contribution in [2.75, 3.05) is 6.61 Å². The third-order valence-electron chi connectivity index (χ3n) is 3.24. The molecule has 0 radical (unpaired) electrons. The molecule has 18 heavy (non-hydrogen) atoms. The van der Waals surface area contributed by atoms with Crippen molar-refractivity contribution >= 4 is 5.91 Å². The first kappa shape index (κ1) is 12.6. The number of rotatable bonds is 5. The highest BCUT2D eigenvalue weighted by Gasteiger charge is 2.32. The summed E-state index contributed by atoms with van der Waals surface area (Å²) in [6.45, 7) is 0.0708. The number of hydrogen-bond acceptors (Lipinski definition) is 3. The van der Waals surface area contributed by atoms with E-state index in [1.165, 1.54) is 0 Å². The molecule has 1 aliphatic carbocycles. The van der Waals surface area contributed by atoms with Gasteiger partial charge in [-0.05, 0) is 37.3 Å². The van der Waals surface area contributed by atoms with Gasteiger partial charge in [0.1, 0.15) is 0 Å². The predicted molar refractivity (Wildman–Crippen MR) is 66.8 cm³/mol. The van der Waals surface area contributed by atoms with Crippen LogP contribution in [0.5, 0.6) is 0 Å². The van der Waals surface area contributed by atoms with E-state index in [2.05, 4.69) is 5.32 Å². The van der Waals surface area contributed by atoms with Gasteiger partial charge in [-0.3, -0.25) is 4.79 Å². The van der Waals surface area contributed by atoms with Crippen molar-refractivity contribution in [3.63, 3.8) is 0 Å². The van der Waals surface area contributed by atoms with Crippen molar-refractivity contribution in [1.82, 2.24) is 5.32 Å². The van der Waals surface area contributed by atoms with E-state index in [0.717, 1.165) is 12.8 Å². The normalized spacial score (nSPS) is 15.8. The fraction of sp³-hybridized carbons (Fsp3) is 0.429. The van der Waals surface area contributed by atoms with Crippen LogP contribution in [0, 0.1) is 17.2 Å². The Kier molecular flexibility index (Phi) is 3.96. The van der Waals surface area contributed by atoms with Gasteiger partial charge in [0, 0.05) is 12.6 Å². The average Bonchev–Trinajstić information content (AvgIpc) is 3.22. The maximum Gasteiger partial charge on any atom is 0.252 e. The predicted octanol–water partition coefficient (Wildman–Crippen LogP) is 1.45. The van der Waals surface area contributed by atoms with E-state index in [9.17, 15) is 4.79 Å². The molecule has 1 aromatic rings. The molecule has 4 nitrogen and oxygen atoms in total. The summed E-state index contributed by atoms with van der Waals surface area (Å²) in [7, 11) is 0. The molecule has 2 N–H and O–H groups in total. The zero-order chi connectivity index (χ0) is 13.0. The molecule has 1 aliphatic rings. The van der Waals surface area contributed by atoms with E-state index in [4.69, 9.17) is 10.4 Å². The highest BCUT2D eigenvalue weighted by Crippen LogP contribution is 2.34. The Balaban J connectivity index is 2.08. The highest BCUT2D eigenvalue weighted by atomic mass is 16.3. The molecule has 0 aliphatic heterocycles. The molecular weight excluding hydrogens is 228 g/mol. The van der Waals surface area contributed by atoms with Crippen LogP contribution in [0.15, 0.2) is 24.3 Å². The first-order valence-corrected chi connectivity index (χ1v) is 6.17. The van der Waals surface area contributed by atoms with Gasteiger partial charge in [0.25, 0.3) is 5.91 Å². The quantitative estimate of drug-likeness (QED) is 0.823. The second kappa shape index (κ2) is 5.65. The Hall–Kier alpha value is -1.86. The number of amides is 1. The number of benzene rings is 1. The molecule has 1 unspecified atom stereocenters. The summed E-state index contributed by atoms with van der Waals surface area (Å²) in [6.07, 6.45) is 2.78. The van der Waals surface area contributed by atoms with Crippen LogP contribution >= 0.6 is 0 Å². The highest BCUT2D eigenvalue weighted by molar-refractivity contribution is 5.96. The lowest BCUT2D eigenvalue weighted by molar-refractivity contribution is 0.0924. The van der Waals surface area contributed by atoms with Crippen molar-refractivity contribution in [1.29, 1.82) is 5.26 Å². The number of nitrogens with one attached hydrogen (secondary N) is 1. The molecular formula is C14H16N2O2. The fourth-order valence-electron chi connectivity index (χ4n) is 2.09. The van der Waals surface area contributed by atoms with Gasteiger partial charge in [0.2, 0.25) is 0 Å². The number of hydrogen-bond donors (Lipinski definition) is 2. The third kappa shape index (κ3) is 2.88. The zero-order valence-electron chi connectivity index (χ0n) is 10.1. The Bertz CT molecular complexity index is 475. The van der Waals surface area contributed by atoms with E-state index >= 15 is 0 Å². The Labute approximate surface area is 106 Å². The summed E-state index contributed by atoms with van der Waals surface area (Å²) in [4.78, 5) is 12.1. The maximum absolute atomic E-state index is 12.1. The number of carbonyl (C=O) groups is 1. The van der Waals surface area contributed by atoms with Crippen molar-refractivity contribution in [2.24, 2.45) is 5.92 Å². The number of aliphatic hydroxyl groups excluding tert-OH is 1. The lowest BCUT2D eigenvalue weighted by Gasteiger charge is -2.17. The topological polar surface area (TPSA) is 73.1 Å². The van der Waals surface area contributed by atoms with Crippen molar-refractivity contribution in [3.8, 4) is 6.07 Å². The van der Waals surface area contributed by atoms with E-state index in [1.54, 1.807) is 24.3 Å². The van der Waals surface area contributed by atoms with Crippen molar-refractivity contribution in [2.45, 2.75) is 25.3 Å². The van der Waals surface area contributed by atoms with Crippen LogP contribution in [0.3, 0.4) is 0 Å². The molecule has 0 saturated heterocycles. The van der Waals surface area contributed by atoms with Gasteiger partial charge in [-0.2, -0.15) is 5.26 Å². The smallest absolute Gasteiger partial charge is 0.252 e. The molecule has 2 rings (SSSR count). The molecule has 0 spiro atoms. The Morgan fingerprint density at radius 1 is 1.50 bits per heavy atom. The summed E-state index contributed by atoms with van der Waals surface area (Å²) in [5.41, 5.74) is 0.789. The molecule has 1 atom stereocenters. The fourth-order valence-corrected chi connectivity index (χ4v) is 2.09. The van der Waals surface area contributed by atoms with Crippen LogP contribution < -0.4 is 5.32 Å². The molecule has 1 saturated carbocycles. The van der Waals surface area contributed by atoms with Crippen LogP contribution in [0.4, 0.5) is 0 Å². The van der Waals surface area contributed by atoms with Gasteiger partial charge in [-0.15, -0.1) is 0 Å². The molecule has 0 heterocycles. The van der Waals surface area contributed by atoms with Crippen LogP contribution in [-0.2, 0) is 0 Å². The molecule has 0 aromatic heterocycles. The molecule has 4 heteroatoms. The van der Waals surface area contributed by atoms with Gasteiger partial charge >= 0.3 is 0 Å². The summed E-state index contributed by atoms with van der Waals surface area (Å²) in [6, 6.07) is 8.80. The third-order valence-corrected chi connectivity index (χ3v) is 3.24. The monoisotopic (exact) mass is 244 g/mol. The second-order valence-corrected chi connectivity index (χ2v) is 4.59. The standard InChI is InChI=1S/C14H16N2O2/c15-9-11-3-1-2-4-12(11)14(18)16-13(7-8-17)10-5-6-10/h1-4,10,13,17H,5-8H2,(H,16,18). The summed E-state index contributed by atoms with van der Waals surface area (Å²) < 4.78 is 0. The van der Waals surface area contributed by atoms with Crippen LogP contribution in [0.25, 0.3) is 0 Å². The van der Waals surface area contributed by atoms with E-state index < -0.39 is 0 Å². The SMILES string of the molecule is N#Cc1ccccc1C(=O)NC(CCO)C1CC1. The zero-order valence-corrected chi connectivity index (χ0v) is 10.1. The second-order valence-electron chi connectivity index (χ2n) is 4.59. The molecule has 1 fully saturated rings. The number of carbonyl (C=O) groups excluding carboxylic acids is 1. The van der Waals surface area contributed by atoms with Gasteiger partial charge in [0.15, 0.2) is 0 Å². The Morgan fingerprint density at radius 2 is 2.22 bits per heavy atom. The van der Waals surface area contributed by atoms with Gasteiger partial charge < -0.3 is 10.4 Å². The summed E-state index contributed by atoms with van der Waals surface area (Å²) in [5.74, 6) is 0.257. The van der Waals surface area contributed by atoms with Crippen molar-refractivity contribution < 1.29 is 9.90 Å². The molecule has 0 bridgehead atoms. The molecule has 94 valence electrons. The summed E-state index contributed by atoms with van der Waals surface area (Å²) in [5, 5.41) is 20.9. The van der Waals surface area contributed by atoms with Gasteiger partial charge in [0.05, 0.1) is 17.2 Å². The van der Waals surface area contributed by atoms with Gasteiger partial charge in [-0.25, -0.2) is 0 Å². The number of aliphatic hydroxyl groups is 1. The van der Waals surface area contributed by atoms with E-state index in [0.29, 0.717) is 23.5 Å². The lowest BCUT2D eigenvalue weighted by atomic mass is 10.1. The summed E-state index contributed by atoms with van der Waals surface area (Å²) >= 11 is 0. The maximum atomic E-state index is 12.1. The number of nitriles is 1. The van der Waals surface area contributed by atoms with Gasteiger partial charge in [-0.1, -0.05) is 12.1 Å². The molecule has 1 aromatic carbocycles. The number of nitrogens with zero attached hydrogens (tertiary/aromatic N) is 1. The molecule has 1 amide bonds. The largest absolute Gasteiger partial charge is 0.396 e. The van der Waals surface area contributed by atoms with Crippen LogP contribution in [-0.4, -0.2) is 23.7 Å². The van der Waals surface area contributed by atoms with Crippen molar-refractivity contribution in [3.05, 3.63) is 35.4 Å². The first-order valence-electron chi connectivity index (χ1n) is 6.17. The minimum Gasteiger partial charge on any atom is -0.396 e. The minimum atomic E-state index is -0.225. The van der Waals surface area contributed by atoms with Crippen LogP contribution in [0.1, 0.15) is 35.2 Å². The first-order chi connectivity index (χ1) is 8.76.